The van der Waals surface area contributed by atoms with E-state index in [2.05, 4.69) is 41.2 Å². The van der Waals surface area contributed by atoms with Gasteiger partial charge in [-0.25, -0.2) is 0 Å². The molecule has 6 aliphatic rings. The molecule has 4 aliphatic carbocycles. The quantitative estimate of drug-likeness (QED) is 0.111. The van der Waals surface area contributed by atoms with Crippen LogP contribution in [0.2, 0.25) is 0 Å². The fourth-order valence-electron chi connectivity index (χ4n) is 11.7. The van der Waals surface area contributed by atoms with Gasteiger partial charge in [0, 0.05) is 14.2 Å². The molecular formula is C42H70O14. The third-order valence-corrected chi connectivity index (χ3v) is 15.0. The molecule has 0 aromatic heterocycles. The van der Waals surface area contributed by atoms with Crippen LogP contribution in [0.4, 0.5) is 0 Å². The van der Waals surface area contributed by atoms with E-state index in [1.54, 1.807) is 0 Å². The first-order valence-electron chi connectivity index (χ1n) is 20.8. The van der Waals surface area contributed by atoms with E-state index in [1.165, 1.54) is 14.2 Å². The van der Waals surface area contributed by atoms with E-state index >= 15 is 0 Å². The topological polar surface area (TPSA) is 217 Å². The summed E-state index contributed by atoms with van der Waals surface area (Å²) < 4.78 is 35.2. The molecule has 0 radical (unpaired) electrons. The maximum Gasteiger partial charge on any atom is 0.187 e. The number of methoxy groups -OCH3 is 2. The van der Waals surface area contributed by atoms with Crippen molar-refractivity contribution in [1.29, 1.82) is 0 Å². The molecular weight excluding hydrogens is 728 g/mol. The molecule has 0 aromatic rings. The summed E-state index contributed by atoms with van der Waals surface area (Å²) >= 11 is 0. The minimum Gasteiger partial charge on any atom is -0.393 e. The smallest absolute Gasteiger partial charge is 0.187 e. The minimum atomic E-state index is -1.59. The highest BCUT2D eigenvalue weighted by Gasteiger charge is 2.63. The zero-order valence-corrected chi connectivity index (χ0v) is 34.3. The standard InChI is InChI=1S/C42H70O14/c1-19(2)20(3)9-10-21(4)30-28(16-24-29-23(12-14-42(24,30)6)41(5)13-11-22(43)15-25(41)31(46)32(29)47)53-40-35(50)38(37(55-40)27(45)18-52-8)56-39-34(49)33(48)36(54-39)26(44)17-51-7/h19,21-23,25-28,30-40,43-50H,3,9-18H2,1-2,4-8H3/t21-,22+,23+,25-,26-,27-,28-,30+,31+,32-,33+,34-,35-,36+,37+,38+,39+,40-,41-,42+/m1/s1. The van der Waals surface area contributed by atoms with Crippen LogP contribution in [-0.4, -0.2) is 154 Å². The Bertz CT molecular complexity index is 1390. The second-order valence-electron chi connectivity index (χ2n) is 18.7. The maximum atomic E-state index is 12.0. The van der Waals surface area contributed by atoms with E-state index in [9.17, 15) is 40.9 Å². The first kappa shape index (κ1) is 44.5. The Morgan fingerprint density at radius 3 is 2.09 bits per heavy atom. The van der Waals surface area contributed by atoms with E-state index in [4.69, 9.17) is 28.4 Å². The molecule has 2 heterocycles. The molecule has 5 fully saturated rings. The summed E-state index contributed by atoms with van der Waals surface area (Å²) in [5.41, 5.74) is 2.46. The molecule has 3 saturated carbocycles. The van der Waals surface area contributed by atoms with Crippen molar-refractivity contribution >= 4 is 0 Å². The summed E-state index contributed by atoms with van der Waals surface area (Å²) in [4.78, 5) is 0. The zero-order valence-electron chi connectivity index (χ0n) is 34.3. The Hall–Kier alpha value is -1.08. The van der Waals surface area contributed by atoms with Gasteiger partial charge in [-0.15, -0.1) is 0 Å². The van der Waals surface area contributed by atoms with Gasteiger partial charge < -0.3 is 69.3 Å². The summed E-state index contributed by atoms with van der Waals surface area (Å²) in [5.74, 6) is 0.191. The van der Waals surface area contributed by atoms with E-state index in [0.717, 1.165) is 48.8 Å². The number of aliphatic hydroxyl groups excluding tert-OH is 8. The highest BCUT2D eigenvalue weighted by atomic mass is 16.8. The predicted molar refractivity (Wildman–Crippen MR) is 203 cm³/mol. The Balaban J connectivity index is 1.31. The largest absolute Gasteiger partial charge is 0.393 e. The van der Waals surface area contributed by atoms with Crippen LogP contribution in [0.5, 0.6) is 0 Å². The van der Waals surface area contributed by atoms with Crippen molar-refractivity contribution < 1.29 is 69.3 Å². The van der Waals surface area contributed by atoms with Crippen LogP contribution in [0.15, 0.2) is 23.3 Å². The van der Waals surface area contributed by atoms with Gasteiger partial charge in [-0.05, 0) is 97.4 Å². The van der Waals surface area contributed by atoms with Crippen molar-refractivity contribution in [3.05, 3.63) is 23.3 Å². The summed E-state index contributed by atoms with van der Waals surface area (Å²) in [6, 6.07) is 0. The average molecular weight is 799 g/mol. The molecule has 8 N–H and O–H groups in total. The number of fused-ring (bicyclic) bond motifs is 4. The van der Waals surface area contributed by atoms with Gasteiger partial charge in [0.25, 0.3) is 0 Å². The number of hydrogen-bond acceptors (Lipinski definition) is 14. The lowest BCUT2D eigenvalue weighted by atomic mass is 9.47. The highest BCUT2D eigenvalue weighted by molar-refractivity contribution is 5.39. The summed E-state index contributed by atoms with van der Waals surface area (Å²) in [6.45, 7) is 14.9. The molecule has 0 amide bonds. The van der Waals surface area contributed by atoms with Crippen molar-refractivity contribution in [2.24, 2.45) is 40.4 Å². The first-order valence-corrected chi connectivity index (χ1v) is 20.8. The van der Waals surface area contributed by atoms with Crippen molar-refractivity contribution in [2.75, 3.05) is 27.4 Å². The number of allylic oxidation sites excluding steroid dienone is 1. The van der Waals surface area contributed by atoms with Crippen molar-refractivity contribution in [1.82, 2.24) is 0 Å². The fraction of sp³-hybridized carbons (Fsp3) is 0.905. The average Bonchev–Trinajstić information content (AvgIpc) is 3.73. The van der Waals surface area contributed by atoms with Crippen LogP contribution in [0.3, 0.4) is 0 Å². The van der Waals surface area contributed by atoms with Crippen molar-refractivity contribution in [3.8, 4) is 0 Å². The van der Waals surface area contributed by atoms with Gasteiger partial charge in [0.05, 0.1) is 31.5 Å². The summed E-state index contributed by atoms with van der Waals surface area (Å²) in [5, 5.41) is 89.3. The SMILES string of the molecule is C=C(CC[C@@H](C)[C@H]1[C@H](O[C@@H]2O[C@@H]([C@H](O)COC)[C@@H](O[C@@H]3O[C@@H]([C@H](O)COC)[C@@H](O)[C@H]3O)[C@H]2O)CC2=C3[C@@H](O)[C@@H](O)[C@H]4C[C@@H](O)CC[C@]4(C)[C@H]3CC[C@@]21C)C(C)C. The first-order chi connectivity index (χ1) is 26.4. The molecule has 0 unspecified atom stereocenters. The lowest BCUT2D eigenvalue weighted by Gasteiger charge is -2.59. The van der Waals surface area contributed by atoms with Crippen LogP contribution >= 0.6 is 0 Å². The monoisotopic (exact) mass is 798 g/mol. The van der Waals surface area contributed by atoms with Gasteiger partial charge in [0.15, 0.2) is 12.6 Å². The number of ether oxygens (including phenoxy) is 6. The molecule has 14 nitrogen and oxygen atoms in total. The third-order valence-electron chi connectivity index (χ3n) is 15.0. The van der Waals surface area contributed by atoms with Gasteiger partial charge in [0.1, 0.15) is 54.9 Å². The zero-order chi connectivity index (χ0) is 41.0. The molecule has 6 rings (SSSR count). The predicted octanol–water partition coefficient (Wildman–Crippen LogP) is 1.57. The van der Waals surface area contributed by atoms with Gasteiger partial charge >= 0.3 is 0 Å². The third kappa shape index (κ3) is 7.95. The molecule has 20 atom stereocenters. The number of aliphatic hydroxyl groups is 8. The second kappa shape index (κ2) is 17.5. The Morgan fingerprint density at radius 1 is 0.821 bits per heavy atom. The Labute approximate surface area is 331 Å². The van der Waals surface area contributed by atoms with Crippen LogP contribution in [0, 0.1) is 40.4 Å². The molecule has 2 saturated heterocycles. The Kier molecular flexibility index (Phi) is 13.9. The van der Waals surface area contributed by atoms with E-state index in [0.29, 0.717) is 25.2 Å². The molecule has 0 spiro atoms. The van der Waals surface area contributed by atoms with Gasteiger partial charge in [0.2, 0.25) is 0 Å². The maximum absolute atomic E-state index is 12.0. The van der Waals surface area contributed by atoms with Crippen LogP contribution < -0.4 is 0 Å². The second-order valence-corrected chi connectivity index (χ2v) is 18.7. The van der Waals surface area contributed by atoms with Gasteiger partial charge in [-0.1, -0.05) is 52.3 Å². The Morgan fingerprint density at radius 2 is 1.45 bits per heavy atom. The van der Waals surface area contributed by atoms with Gasteiger partial charge in [-0.2, -0.15) is 0 Å². The molecule has 14 heteroatoms. The highest BCUT2D eigenvalue weighted by Crippen LogP contribution is 2.66. The molecule has 56 heavy (non-hydrogen) atoms. The van der Waals surface area contributed by atoms with Crippen LogP contribution in [0.1, 0.15) is 86.0 Å². The molecule has 0 bridgehead atoms. The minimum absolute atomic E-state index is 0.0380. The molecule has 2 aliphatic heterocycles. The fourth-order valence-corrected chi connectivity index (χ4v) is 11.7. The lowest BCUT2D eigenvalue weighted by Crippen LogP contribution is -2.58. The lowest BCUT2D eigenvalue weighted by molar-refractivity contribution is -0.226. The van der Waals surface area contributed by atoms with Crippen LogP contribution in [0.25, 0.3) is 0 Å². The van der Waals surface area contributed by atoms with Crippen molar-refractivity contribution in [3.63, 3.8) is 0 Å². The molecule has 0 aromatic carbocycles. The number of rotatable bonds is 15. The summed E-state index contributed by atoms with van der Waals surface area (Å²) in [7, 11) is 2.79. The van der Waals surface area contributed by atoms with E-state index < -0.39 is 91.2 Å². The van der Waals surface area contributed by atoms with E-state index in [1.807, 2.05) is 0 Å². The number of hydrogen-bond donors (Lipinski definition) is 8. The van der Waals surface area contributed by atoms with Crippen molar-refractivity contribution in [2.45, 2.75) is 172 Å². The van der Waals surface area contributed by atoms with Gasteiger partial charge in [-0.3, -0.25) is 0 Å². The summed E-state index contributed by atoms with van der Waals surface area (Å²) in [6.07, 6.45) is -11.0. The van der Waals surface area contributed by atoms with E-state index in [-0.39, 0.29) is 42.3 Å². The van der Waals surface area contributed by atoms with Crippen LogP contribution in [-0.2, 0) is 28.4 Å². The normalized spacial score (nSPS) is 46.8. The molecule has 322 valence electrons.